The Labute approximate surface area is 122 Å². The maximum absolute atomic E-state index is 12.3. The van der Waals surface area contributed by atoms with E-state index in [9.17, 15) is 8.42 Å². The molecule has 0 radical (unpaired) electrons. The Hall–Kier alpha value is -0.410. The molecule has 0 saturated heterocycles. The second-order valence-corrected chi connectivity index (χ2v) is 7.03. The van der Waals surface area contributed by atoms with Crippen LogP contribution in [0.3, 0.4) is 0 Å². The minimum absolute atomic E-state index is 0.0700. The minimum atomic E-state index is -3.60. The molecule has 0 atom stereocenters. The van der Waals surface area contributed by atoms with E-state index in [-0.39, 0.29) is 28.8 Å². The van der Waals surface area contributed by atoms with Crippen LogP contribution in [0.2, 0.25) is 0 Å². The minimum Gasteiger partial charge on any atom is -0.452 e. The van der Waals surface area contributed by atoms with Crippen LogP contribution in [-0.4, -0.2) is 39.0 Å². The smallest absolute Gasteiger partial charge is 0.247 e. The first kappa shape index (κ1) is 16.6. The molecule has 1 aromatic heterocycles. The second-order valence-electron chi connectivity index (χ2n) is 4.30. The van der Waals surface area contributed by atoms with Gasteiger partial charge in [0.25, 0.3) is 0 Å². The Morgan fingerprint density at radius 1 is 1.53 bits per heavy atom. The summed E-state index contributed by atoms with van der Waals surface area (Å²) in [5.41, 5.74) is 5.42. The van der Waals surface area contributed by atoms with Crippen LogP contribution in [0.5, 0.6) is 0 Å². The zero-order valence-corrected chi connectivity index (χ0v) is 13.6. The van der Waals surface area contributed by atoms with Crippen molar-refractivity contribution in [2.75, 3.05) is 20.2 Å². The molecule has 0 unspecified atom stereocenters. The number of likely N-dealkylation sites (N-methyl/N-ethyl adjacent to an activating group) is 1. The van der Waals surface area contributed by atoms with Crippen LogP contribution in [0, 0.1) is 0 Å². The predicted molar refractivity (Wildman–Crippen MR) is 75.2 cm³/mol. The number of nitrogens with two attached hydrogens (primary N) is 1. The van der Waals surface area contributed by atoms with Crippen LogP contribution in [-0.2, 0) is 21.3 Å². The number of hydrogen-bond acceptors (Lipinski definition) is 5. The van der Waals surface area contributed by atoms with Gasteiger partial charge < -0.3 is 14.9 Å². The molecule has 0 fully saturated rings. The van der Waals surface area contributed by atoms with E-state index in [1.165, 1.54) is 17.4 Å². The van der Waals surface area contributed by atoms with Crippen molar-refractivity contribution < 1.29 is 17.6 Å². The maximum Gasteiger partial charge on any atom is 0.247 e. The third-order valence-electron chi connectivity index (χ3n) is 2.45. The summed E-state index contributed by atoms with van der Waals surface area (Å²) in [5.74, 6) is 0.414. The van der Waals surface area contributed by atoms with Crippen molar-refractivity contribution in [3.8, 4) is 0 Å². The predicted octanol–water partition coefficient (Wildman–Crippen LogP) is 1.55. The van der Waals surface area contributed by atoms with E-state index >= 15 is 0 Å². The molecule has 0 aromatic carbocycles. The molecule has 0 aliphatic heterocycles. The number of ether oxygens (including phenoxy) is 1. The van der Waals surface area contributed by atoms with Crippen LogP contribution < -0.4 is 5.73 Å². The van der Waals surface area contributed by atoms with E-state index in [4.69, 9.17) is 14.9 Å². The standard InChI is InChI=1S/C11H19BrN2O4S/c1-8(2)17-5-4-14(3)19(15,16)10-6-9(7-13)18-11(10)12/h6,8H,4-5,7,13H2,1-3H3. The molecule has 110 valence electrons. The van der Waals surface area contributed by atoms with Crippen molar-refractivity contribution >= 4 is 26.0 Å². The van der Waals surface area contributed by atoms with Gasteiger partial charge in [0.1, 0.15) is 10.7 Å². The molecular formula is C11H19BrN2O4S. The van der Waals surface area contributed by atoms with Gasteiger partial charge >= 0.3 is 0 Å². The molecule has 1 aromatic rings. The highest BCUT2D eigenvalue weighted by Crippen LogP contribution is 2.28. The lowest BCUT2D eigenvalue weighted by Crippen LogP contribution is -2.30. The molecule has 1 heterocycles. The number of halogens is 1. The summed E-state index contributed by atoms with van der Waals surface area (Å²) in [6.45, 7) is 4.56. The lowest BCUT2D eigenvalue weighted by atomic mass is 10.5. The first-order valence-electron chi connectivity index (χ1n) is 5.85. The number of hydrogen-bond donors (Lipinski definition) is 1. The average molecular weight is 355 g/mol. The van der Waals surface area contributed by atoms with E-state index in [1.54, 1.807) is 0 Å². The Balaban J connectivity index is 2.81. The fourth-order valence-corrected chi connectivity index (χ4v) is 3.49. The van der Waals surface area contributed by atoms with Gasteiger partial charge in [-0.25, -0.2) is 8.42 Å². The molecule has 0 aliphatic carbocycles. The molecular weight excluding hydrogens is 336 g/mol. The van der Waals surface area contributed by atoms with E-state index in [2.05, 4.69) is 15.9 Å². The molecule has 0 spiro atoms. The monoisotopic (exact) mass is 354 g/mol. The zero-order valence-electron chi connectivity index (χ0n) is 11.2. The summed E-state index contributed by atoms with van der Waals surface area (Å²) in [4.78, 5) is 0.0833. The van der Waals surface area contributed by atoms with Crippen molar-refractivity contribution in [1.82, 2.24) is 4.31 Å². The molecule has 1 rings (SSSR count). The third-order valence-corrected chi connectivity index (χ3v) is 5.17. The molecule has 0 bridgehead atoms. The van der Waals surface area contributed by atoms with Crippen LogP contribution in [0.15, 0.2) is 20.0 Å². The maximum atomic E-state index is 12.3. The van der Waals surface area contributed by atoms with Crippen LogP contribution >= 0.6 is 15.9 Å². The lowest BCUT2D eigenvalue weighted by Gasteiger charge is -2.17. The Morgan fingerprint density at radius 2 is 2.16 bits per heavy atom. The highest BCUT2D eigenvalue weighted by atomic mass is 79.9. The normalized spacial score (nSPS) is 12.6. The Kier molecular flexibility index (Phi) is 6.00. The summed E-state index contributed by atoms with van der Waals surface area (Å²) < 4.78 is 36.5. The van der Waals surface area contributed by atoms with Crippen molar-refractivity contribution in [1.29, 1.82) is 0 Å². The first-order chi connectivity index (χ1) is 8.78. The largest absolute Gasteiger partial charge is 0.452 e. The fourth-order valence-electron chi connectivity index (χ4n) is 1.38. The van der Waals surface area contributed by atoms with E-state index in [1.807, 2.05) is 13.8 Å². The SMILES string of the molecule is CC(C)OCCN(C)S(=O)(=O)c1cc(CN)oc1Br. The fraction of sp³-hybridized carbons (Fsp3) is 0.636. The molecule has 8 heteroatoms. The quantitative estimate of drug-likeness (QED) is 0.802. The lowest BCUT2D eigenvalue weighted by molar-refractivity contribution is 0.0737. The van der Waals surface area contributed by atoms with E-state index < -0.39 is 10.0 Å². The van der Waals surface area contributed by atoms with Gasteiger partial charge in [-0.05, 0) is 29.8 Å². The van der Waals surface area contributed by atoms with Crippen molar-refractivity contribution in [2.24, 2.45) is 5.73 Å². The molecule has 0 saturated carbocycles. The average Bonchev–Trinajstić information content (AvgIpc) is 2.70. The summed E-state index contributed by atoms with van der Waals surface area (Å²) in [5, 5.41) is 0. The van der Waals surface area contributed by atoms with Gasteiger partial charge in [-0.2, -0.15) is 4.31 Å². The number of furan rings is 1. The highest BCUT2D eigenvalue weighted by molar-refractivity contribution is 9.10. The van der Waals surface area contributed by atoms with Crippen LogP contribution in [0.4, 0.5) is 0 Å². The molecule has 6 nitrogen and oxygen atoms in total. The number of sulfonamides is 1. The number of nitrogens with zero attached hydrogens (tertiary/aromatic N) is 1. The van der Waals surface area contributed by atoms with Crippen LogP contribution in [0.25, 0.3) is 0 Å². The van der Waals surface area contributed by atoms with Crippen molar-refractivity contribution in [3.05, 3.63) is 16.5 Å². The first-order valence-corrected chi connectivity index (χ1v) is 8.08. The van der Waals surface area contributed by atoms with Gasteiger partial charge in [0, 0.05) is 19.7 Å². The molecule has 0 amide bonds. The number of rotatable bonds is 7. The highest BCUT2D eigenvalue weighted by Gasteiger charge is 2.26. The summed E-state index contributed by atoms with van der Waals surface area (Å²) in [6.07, 6.45) is 0.0700. The van der Waals surface area contributed by atoms with Gasteiger partial charge in [0.05, 0.1) is 19.3 Å². The third kappa shape index (κ3) is 4.28. The molecule has 19 heavy (non-hydrogen) atoms. The van der Waals surface area contributed by atoms with Crippen molar-refractivity contribution in [3.63, 3.8) is 0 Å². The Bertz CT molecular complexity index is 513. The second kappa shape index (κ2) is 6.85. The van der Waals surface area contributed by atoms with Crippen LogP contribution in [0.1, 0.15) is 19.6 Å². The van der Waals surface area contributed by atoms with Gasteiger partial charge in [0.2, 0.25) is 10.0 Å². The van der Waals surface area contributed by atoms with Gasteiger partial charge in [0.15, 0.2) is 4.67 Å². The molecule has 2 N–H and O–H groups in total. The van der Waals surface area contributed by atoms with Crippen molar-refractivity contribution in [2.45, 2.75) is 31.4 Å². The summed E-state index contributed by atoms with van der Waals surface area (Å²) in [6, 6.07) is 1.43. The van der Waals surface area contributed by atoms with E-state index in [0.717, 1.165) is 0 Å². The summed E-state index contributed by atoms with van der Waals surface area (Å²) >= 11 is 3.09. The molecule has 0 aliphatic rings. The van der Waals surface area contributed by atoms with Gasteiger partial charge in [-0.1, -0.05) is 0 Å². The topological polar surface area (TPSA) is 85.8 Å². The Morgan fingerprint density at radius 3 is 2.63 bits per heavy atom. The van der Waals surface area contributed by atoms with Gasteiger partial charge in [-0.15, -0.1) is 0 Å². The summed E-state index contributed by atoms with van der Waals surface area (Å²) in [7, 11) is -2.10. The van der Waals surface area contributed by atoms with E-state index in [0.29, 0.717) is 12.4 Å². The van der Waals surface area contributed by atoms with Gasteiger partial charge in [-0.3, -0.25) is 0 Å². The zero-order chi connectivity index (χ0) is 14.6.